The molecule has 4 N–H and O–H groups in total. The zero-order chi connectivity index (χ0) is 26.7. The fourth-order valence-electron chi connectivity index (χ4n) is 6.98. The molecule has 2 saturated heterocycles. The van der Waals surface area contributed by atoms with Gasteiger partial charge >= 0.3 is 5.97 Å². The lowest BCUT2D eigenvalue weighted by molar-refractivity contribution is -0.163. The van der Waals surface area contributed by atoms with Gasteiger partial charge in [-0.05, 0) is 49.1 Å². The SMILES string of the molecule is O=C(O)[C@@H](Cc1c[nH]c2ccccc12)NCC[C@@H]1c2[nH]c3ccccc3c2C[C@H]2C(=O)N3CCC[C@H]3C(=O)N12. The van der Waals surface area contributed by atoms with Crippen LogP contribution in [0, 0.1) is 0 Å². The molecule has 5 heterocycles. The number of carboxylic acids is 1. The second-order valence-corrected chi connectivity index (χ2v) is 10.9. The van der Waals surface area contributed by atoms with Crippen molar-refractivity contribution in [1.82, 2.24) is 25.1 Å². The summed E-state index contributed by atoms with van der Waals surface area (Å²) in [7, 11) is 0. The Bertz CT molecular complexity index is 1610. The number of aliphatic carboxylic acids is 1. The summed E-state index contributed by atoms with van der Waals surface area (Å²) < 4.78 is 0. The molecule has 2 fully saturated rings. The molecule has 7 rings (SSSR count). The van der Waals surface area contributed by atoms with Gasteiger partial charge in [0.15, 0.2) is 0 Å². The molecule has 2 aromatic carbocycles. The Labute approximate surface area is 225 Å². The highest BCUT2D eigenvalue weighted by atomic mass is 16.4. The second-order valence-electron chi connectivity index (χ2n) is 10.9. The Morgan fingerprint density at radius 3 is 2.62 bits per heavy atom. The van der Waals surface area contributed by atoms with Gasteiger partial charge in [-0.25, -0.2) is 0 Å². The number of benzene rings is 2. The summed E-state index contributed by atoms with van der Waals surface area (Å²) in [4.78, 5) is 49.9. The van der Waals surface area contributed by atoms with Crippen molar-refractivity contribution >= 4 is 39.6 Å². The van der Waals surface area contributed by atoms with Crippen LogP contribution in [0.4, 0.5) is 0 Å². The number of rotatable bonds is 7. The molecule has 0 aliphatic carbocycles. The van der Waals surface area contributed by atoms with Gasteiger partial charge in [0.25, 0.3) is 0 Å². The number of carboxylic acid groups (broad SMARTS) is 1. The van der Waals surface area contributed by atoms with Gasteiger partial charge in [-0.3, -0.25) is 14.4 Å². The van der Waals surface area contributed by atoms with Crippen molar-refractivity contribution < 1.29 is 19.5 Å². The van der Waals surface area contributed by atoms with Gasteiger partial charge in [0.2, 0.25) is 11.8 Å². The number of nitrogens with zero attached hydrogens (tertiary/aromatic N) is 2. The Morgan fingerprint density at radius 1 is 1.03 bits per heavy atom. The molecule has 4 atom stereocenters. The van der Waals surface area contributed by atoms with Crippen LogP contribution in [-0.4, -0.2) is 73.9 Å². The minimum Gasteiger partial charge on any atom is -0.480 e. The predicted molar refractivity (Wildman–Crippen MR) is 146 cm³/mol. The number of aromatic nitrogens is 2. The summed E-state index contributed by atoms with van der Waals surface area (Å²) in [5, 5.41) is 15.3. The smallest absolute Gasteiger partial charge is 0.321 e. The van der Waals surface area contributed by atoms with Crippen LogP contribution in [0.15, 0.2) is 54.7 Å². The topological polar surface area (TPSA) is 122 Å². The molecule has 0 radical (unpaired) electrons. The van der Waals surface area contributed by atoms with Crippen LogP contribution in [0.5, 0.6) is 0 Å². The molecule has 2 aromatic heterocycles. The van der Waals surface area contributed by atoms with E-state index in [4.69, 9.17) is 0 Å². The molecule has 0 spiro atoms. The maximum atomic E-state index is 13.8. The molecule has 0 saturated carbocycles. The highest BCUT2D eigenvalue weighted by molar-refractivity contribution is 5.99. The first-order chi connectivity index (χ1) is 19.0. The lowest BCUT2D eigenvalue weighted by atomic mass is 9.86. The van der Waals surface area contributed by atoms with E-state index >= 15 is 0 Å². The van der Waals surface area contributed by atoms with E-state index in [2.05, 4.69) is 21.4 Å². The number of hydrogen-bond donors (Lipinski definition) is 4. The molecule has 9 heteroatoms. The van der Waals surface area contributed by atoms with Crippen molar-refractivity contribution in [3.8, 4) is 0 Å². The van der Waals surface area contributed by atoms with E-state index < -0.39 is 18.1 Å². The van der Waals surface area contributed by atoms with E-state index in [0.717, 1.165) is 45.0 Å². The van der Waals surface area contributed by atoms with Crippen molar-refractivity contribution in [2.24, 2.45) is 0 Å². The van der Waals surface area contributed by atoms with E-state index in [9.17, 15) is 19.5 Å². The number of aromatic amines is 2. The van der Waals surface area contributed by atoms with E-state index in [1.807, 2.05) is 53.6 Å². The fourth-order valence-corrected chi connectivity index (χ4v) is 6.98. The van der Waals surface area contributed by atoms with Gasteiger partial charge in [-0.2, -0.15) is 0 Å². The molecule has 4 aromatic rings. The summed E-state index contributed by atoms with van der Waals surface area (Å²) in [5.74, 6) is -0.868. The normalized spacial score (nSPS) is 23.2. The molecule has 3 aliphatic heterocycles. The summed E-state index contributed by atoms with van der Waals surface area (Å²) in [5.41, 5.74) is 4.96. The molecular weight excluding hydrogens is 494 g/mol. The first kappa shape index (κ1) is 24.0. The molecule has 2 amide bonds. The quantitative estimate of drug-likeness (QED) is 0.295. The number of nitrogens with one attached hydrogen (secondary N) is 3. The Balaban J connectivity index is 1.17. The Morgan fingerprint density at radius 2 is 1.79 bits per heavy atom. The average Bonchev–Trinajstić information content (AvgIpc) is 3.68. The van der Waals surface area contributed by atoms with Crippen molar-refractivity contribution in [2.75, 3.05) is 13.1 Å². The molecule has 0 bridgehead atoms. The number of para-hydroxylation sites is 2. The van der Waals surface area contributed by atoms with Crippen molar-refractivity contribution in [1.29, 1.82) is 0 Å². The molecule has 9 nitrogen and oxygen atoms in total. The zero-order valence-corrected chi connectivity index (χ0v) is 21.5. The van der Waals surface area contributed by atoms with Crippen molar-refractivity contribution in [3.05, 3.63) is 71.5 Å². The minimum absolute atomic E-state index is 0.0139. The third-order valence-electron chi connectivity index (χ3n) is 8.81. The molecule has 3 aliphatic rings. The maximum absolute atomic E-state index is 13.8. The predicted octanol–water partition coefficient (Wildman–Crippen LogP) is 3.12. The maximum Gasteiger partial charge on any atom is 0.321 e. The van der Waals surface area contributed by atoms with E-state index in [1.165, 1.54) is 0 Å². The Kier molecular flexibility index (Phi) is 5.70. The van der Waals surface area contributed by atoms with Crippen LogP contribution in [-0.2, 0) is 27.2 Å². The third kappa shape index (κ3) is 3.83. The summed E-state index contributed by atoms with van der Waals surface area (Å²) in [6.45, 7) is 1.03. The number of H-pyrrole nitrogens is 2. The summed E-state index contributed by atoms with van der Waals surface area (Å²) in [6.07, 6.45) is 4.75. The first-order valence-electron chi connectivity index (χ1n) is 13.7. The molecule has 200 valence electrons. The lowest BCUT2D eigenvalue weighted by Gasteiger charge is -2.48. The van der Waals surface area contributed by atoms with Gasteiger partial charge in [-0.1, -0.05) is 36.4 Å². The van der Waals surface area contributed by atoms with Gasteiger partial charge < -0.3 is 30.2 Å². The van der Waals surface area contributed by atoms with Gasteiger partial charge in [0.05, 0.1) is 6.04 Å². The highest BCUT2D eigenvalue weighted by Gasteiger charge is 2.52. The Hall–Kier alpha value is -4.11. The largest absolute Gasteiger partial charge is 0.480 e. The van der Waals surface area contributed by atoms with Crippen LogP contribution in [0.3, 0.4) is 0 Å². The zero-order valence-electron chi connectivity index (χ0n) is 21.5. The molecular formula is C30H31N5O4. The van der Waals surface area contributed by atoms with Crippen molar-refractivity contribution in [2.45, 2.75) is 56.3 Å². The second kappa shape index (κ2) is 9.27. The monoisotopic (exact) mass is 525 g/mol. The number of carbonyl (C=O) groups is 3. The third-order valence-corrected chi connectivity index (χ3v) is 8.81. The van der Waals surface area contributed by atoms with Gasteiger partial charge in [0, 0.05) is 53.1 Å². The summed E-state index contributed by atoms with van der Waals surface area (Å²) >= 11 is 0. The van der Waals surface area contributed by atoms with Crippen LogP contribution < -0.4 is 5.32 Å². The number of hydrogen-bond acceptors (Lipinski definition) is 4. The number of piperazine rings is 1. The minimum atomic E-state index is -0.918. The van der Waals surface area contributed by atoms with Crippen LogP contribution >= 0.6 is 0 Å². The van der Waals surface area contributed by atoms with Gasteiger partial charge in [0.1, 0.15) is 18.1 Å². The van der Waals surface area contributed by atoms with E-state index in [-0.39, 0.29) is 23.9 Å². The lowest BCUT2D eigenvalue weighted by Crippen LogP contribution is -2.65. The molecule has 0 unspecified atom stereocenters. The first-order valence-corrected chi connectivity index (χ1v) is 13.7. The van der Waals surface area contributed by atoms with E-state index in [0.29, 0.717) is 38.8 Å². The average molecular weight is 526 g/mol. The number of fused-ring (bicyclic) bond motifs is 6. The van der Waals surface area contributed by atoms with Crippen LogP contribution in [0.2, 0.25) is 0 Å². The highest BCUT2D eigenvalue weighted by Crippen LogP contribution is 2.43. The molecule has 39 heavy (non-hydrogen) atoms. The fraction of sp³-hybridized carbons (Fsp3) is 0.367. The number of carbonyl (C=O) groups excluding carboxylic acids is 2. The van der Waals surface area contributed by atoms with Crippen LogP contribution in [0.1, 0.15) is 42.1 Å². The van der Waals surface area contributed by atoms with Crippen LogP contribution in [0.25, 0.3) is 21.8 Å². The summed E-state index contributed by atoms with van der Waals surface area (Å²) in [6, 6.07) is 13.9. The number of amides is 2. The van der Waals surface area contributed by atoms with Crippen molar-refractivity contribution in [3.63, 3.8) is 0 Å². The van der Waals surface area contributed by atoms with E-state index in [1.54, 1.807) is 4.90 Å². The standard InChI is InChI=1S/C30H31N5O4/c36-28-26-15-20-19-7-2-4-9-22(19)33-27(20)24(35(26)29(37)25-10-5-13-34(25)28)11-12-31-23(30(38)39)14-17-16-32-21-8-3-1-6-18(17)21/h1-4,6-9,16,23-26,31-33H,5,10-15H2,(H,38,39)/t23-,24-,25+,26+/m1/s1. The van der Waals surface area contributed by atoms with Gasteiger partial charge in [-0.15, -0.1) is 0 Å².